The molecule has 0 fully saturated rings. The van der Waals surface area contributed by atoms with Gasteiger partial charge in [0.15, 0.2) is 0 Å². The van der Waals surface area contributed by atoms with Crippen LogP contribution in [0, 0.1) is 0 Å². The molecule has 1 unspecified atom stereocenters. The predicted octanol–water partition coefficient (Wildman–Crippen LogP) is 7.34. The van der Waals surface area contributed by atoms with Crippen LogP contribution < -0.4 is 16.0 Å². The van der Waals surface area contributed by atoms with E-state index in [-0.39, 0.29) is 18.2 Å². The van der Waals surface area contributed by atoms with Crippen molar-refractivity contribution in [2.75, 3.05) is 17.2 Å². The molecule has 0 spiro atoms. The first-order chi connectivity index (χ1) is 22.9. The van der Waals surface area contributed by atoms with Crippen molar-refractivity contribution < 1.29 is 28.3 Å². The van der Waals surface area contributed by atoms with Gasteiger partial charge in [0, 0.05) is 27.9 Å². The number of carbonyl (C=O) groups excluding carboxylic acids is 4. The Morgan fingerprint density at radius 1 is 0.745 bits per heavy atom. The molecule has 4 aromatic carbocycles. The van der Waals surface area contributed by atoms with Gasteiger partial charge in [-0.3, -0.25) is 14.4 Å². The Balaban J connectivity index is 1.28. The molecule has 0 aliphatic rings. The highest BCUT2D eigenvalue weighted by Gasteiger charge is 2.23. The van der Waals surface area contributed by atoms with E-state index in [9.17, 15) is 19.2 Å². The molecule has 0 aliphatic carbocycles. The first kappa shape index (κ1) is 32.5. The number of anilines is 2. The van der Waals surface area contributed by atoms with Crippen LogP contribution in [0.4, 0.5) is 11.4 Å². The summed E-state index contributed by atoms with van der Waals surface area (Å²) in [4.78, 5) is 52.4. The van der Waals surface area contributed by atoms with Crippen LogP contribution in [0.25, 0.3) is 6.08 Å². The lowest BCUT2D eigenvalue weighted by atomic mass is 10.1. The summed E-state index contributed by atoms with van der Waals surface area (Å²) in [6.07, 6.45) is 2.93. The lowest BCUT2D eigenvalue weighted by Crippen LogP contribution is -2.30. The van der Waals surface area contributed by atoms with E-state index in [4.69, 9.17) is 9.15 Å². The number of hydrogen-bond donors (Lipinski definition) is 3. The van der Waals surface area contributed by atoms with E-state index in [2.05, 4.69) is 16.0 Å². The number of nitrogens with one attached hydrogen (secondary N) is 3. The normalized spacial score (nSPS) is 11.6. The number of amides is 3. The zero-order chi connectivity index (χ0) is 33.0. The molecule has 3 N–H and O–H groups in total. The van der Waals surface area contributed by atoms with E-state index in [1.165, 1.54) is 24.1 Å². The maximum absolute atomic E-state index is 13.5. The van der Waals surface area contributed by atoms with E-state index < -0.39 is 23.0 Å². The van der Waals surface area contributed by atoms with Gasteiger partial charge in [0.25, 0.3) is 11.8 Å². The summed E-state index contributed by atoms with van der Waals surface area (Å²) >= 11 is 1.35. The van der Waals surface area contributed by atoms with Gasteiger partial charge in [0.1, 0.15) is 16.7 Å². The molecule has 10 heteroatoms. The largest absolute Gasteiger partial charge is 0.465 e. The van der Waals surface area contributed by atoms with Gasteiger partial charge in [-0.1, -0.05) is 48.5 Å². The molecule has 0 radical (unpaired) electrons. The second kappa shape index (κ2) is 15.9. The van der Waals surface area contributed by atoms with E-state index in [1.54, 1.807) is 97.9 Å². The van der Waals surface area contributed by atoms with Gasteiger partial charge < -0.3 is 25.1 Å². The van der Waals surface area contributed by atoms with Gasteiger partial charge in [-0.2, -0.15) is 0 Å². The Kier molecular flexibility index (Phi) is 11.0. The summed E-state index contributed by atoms with van der Waals surface area (Å²) in [5.41, 5.74) is 2.63. The number of rotatable bonds is 12. The van der Waals surface area contributed by atoms with Crippen molar-refractivity contribution in [3.8, 4) is 0 Å². The minimum Gasteiger partial charge on any atom is -0.465 e. The SMILES string of the molecule is CCOC(=O)c1ccc(NC(=O)C(Sc2ccc(NC(=O)/C(=C/c3ccco3)NC(=O)c3ccccc3)cc2)c2ccccc2)cc1. The van der Waals surface area contributed by atoms with Gasteiger partial charge in [0.05, 0.1) is 18.4 Å². The van der Waals surface area contributed by atoms with Crippen LogP contribution in [0.3, 0.4) is 0 Å². The fourth-order valence-electron chi connectivity index (χ4n) is 4.42. The Bertz CT molecular complexity index is 1840. The van der Waals surface area contributed by atoms with Crippen molar-refractivity contribution in [2.45, 2.75) is 17.1 Å². The molecule has 1 aromatic heterocycles. The maximum Gasteiger partial charge on any atom is 0.338 e. The van der Waals surface area contributed by atoms with Gasteiger partial charge in [-0.25, -0.2) is 4.79 Å². The van der Waals surface area contributed by atoms with Gasteiger partial charge in [0.2, 0.25) is 5.91 Å². The second-order valence-corrected chi connectivity index (χ2v) is 11.2. The Morgan fingerprint density at radius 3 is 2.02 bits per heavy atom. The molecule has 0 saturated carbocycles. The summed E-state index contributed by atoms with van der Waals surface area (Å²) in [7, 11) is 0. The summed E-state index contributed by atoms with van der Waals surface area (Å²) in [5.74, 6) is -1.25. The summed E-state index contributed by atoms with van der Waals surface area (Å²) in [5, 5.41) is 7.82. The third-order valence-corrected chi connectivity index (χ3v) is 8.00. The quantitative estimate of drug-likeness (QED) is 0.0736. The van der Waals surface area contributed by atoms with E-state index in [1.807, 2.05) is 30.3 Å². The molecule has 47 heavy (non-hydrogen) atoms. The van der Waals surface area contributed by atoms with Crippen LogP contribution in [-0.4, -0.2) is 30.3 Å². The Morgan fingerprint density at radius 2 is 1.38 bits per heavy atom. The third-order valence-electron chi connectivity index (χ3n) is 6.73. The molecule has 1 atom stereocenters. The van der Waals surface area contributed by atoms with Crippen molar-refractivity contribution in [2.24, 2.45) is 0 Å². The van der Waals surface area contributed by atoms with Crippen LogP contribution in [0.5, 0.6) is 0 Å². The number of esters is 1. The third kappa shape index (κ3) is 9.09. The highest BCUT2D eigenvalue weighted by atomic mass is 32.2. The highest BCUT2D eigenvalue weighted by Crippen LogP contribution is 2.37. The van der Waals surface area contributed by atoms with Crippen LogP contribution in [0.1, 0.15) is 44.2 Å². The Hall–Kier alpha value is -5.87. The van der Waals surface area contributed by atoms with Crippen LogP contribution in [0.2, 0.25) is 0 Å². The zero-order valence-corrected chi connectivity index (χ0v) is 26.2. The average molecular weight is 646 g/mol. The molecule has 5 rings (SSSR count). The monoisotopic (exact) mass is 645 g/mol. The molecule has 0 aliphatic heterocycles. The summed E-state index contributed by atoms with van der Waals surface area (Å²) in [6.45, 7) is 2.01. The standard InChI is InChI=1S/C37H31N3O6S/c1-2-45-37(44)27-15-17-28(18-16-27)39-36(43)33(25-10-5-3-6-11-25)47-31-21-19-29(20-22-31)38-35(42)32(24-30-14-9-23-46-30)40-34(41)26-12-7-4-8-13-26/h3-24,33H,2H2,1H3,(H,38,42)(H,39,43)(H,40,41)/b32-24-. The fourth-order valence-corrected chi connectivity index (χ4v) is 5.45. The van der Waals surface area contributed by atoms with Crippen molar-refractivity contribution >= 4 is 52.9 Å². The lowest BCUT2D eigenvalue weighted by molar-refractivity contribution is -0.116. The maximum atomic E-state index is 13.5. The molecular formula is C37H31N3O6S. The number of thioether (sulfide) groups is 1. The van der Waals surface area contributed by atoms with Crippen molar-refractivity contribution in [3.63, 3.8) is 0 Å². The average Bonchev–Trinajstić information content (AvgIpc) is 3.62. The highest BCUT2D eigenvalue weighted by molar-refractivity contribution is 8.00. The number of carbonyl (C=O) groups is 4. The fraction of sp³-hybridized carbons (Fsp3) is 0.0811. The summed E-state index contributed by atoms with van der Waals surface area (Å²) in [6, 6.07) is 34.9. The van der Waals surface area contributed by atoms with Gasteiger partial charge in [-0.05, 0) is 85.3 Å². The molecule has 0 bridgehead atoms. The van der Waals surface area contributed by atoms with Gasteiger partial charge >= 0.3 is 5.97 Å². The number of hydrogen-bond acceptors (Lipinski definition) is 7. The first-order valence-corrected chi connectivity index (χ1v) is 15.6. The number of benzene rings is 4. The van der Waals surface area contributed by atoms with Gasteiger partial charge in [-0.15, -0.1) is 11.8 Å². The zero-order valence-electron chi connectivity index (χ0n) is 25.3. The van der Waals surface area contributed by atoms with Crippen molar-refractivity contribution in [3.05, 3.63) is 156 Å². The van der Waals surface area contributed by atoms with E-state index >= 15 is 0 Å². The van der Waals surface area contributed by atoms with Crippen molar-refractivity contribution in [1.82, 2.24) is 5.32 Å². The lowest BCUT2D eigenvalue weighted by Gasteiger charge is -2.18. The van der Waals surface area contributed by atoms with Crippen LogP contribution in [0.15, 0.2) is 143 Å². The number of ether oxygens (including phenoxy) is 1. The molecule has 0 saturated heterocycles. The molecule has 5 aromatic rings. The molecule has 9 nitrogen and oxygen atoms in total. The molecule has 3 amide bonds. The van der Waals surface area contributed by atoms with E-state index in [0.717, 1.165) is 10.5 Å². The summed E-state index contributed by atoms with van der Waals surface area (Å²) < 4.78 is 10.4. The second-order valence-electron chi connectivity index (χ2n) is 10.1. The molecule has 236 valence electrons. The van der Waals surface area contributed by atoms with Crippen LogP contribution in [-0.2, 0) is 14.3 Å². The predicted molar refractivity (Wildman–Crippen MR) is 182 cm³/mol. The smallest absolute Gasteiger partial charge is 0.338 e. The first-order valence-electron chi connectivity index (χ1n) is 14.7. The van der Waals surface area contributed by atoms with Crippen molar-refractivity contribution in [1.29, 1.82) is 0 Å². The van der Waals surface area contributed by atoms with Crippen LogP contribution >= 0.6 is 11.8 Å². The minimum absolute atomic E-state index is 0.00311. The molecule has 1 heterocycles. The topological polar surface area (TPSA) is 127 Å². The van der Waals surface area contributed by atoms with E-state index in [0.29, 0.717) is 28.3 Å². The minimum atomic E-state index is -0.600. The number of furan rings is 1. The Labute approximate surface area is 276 Å². The molecular weight excluding hydrogens is 614 g/mol.